The van der Waals surface area contributed by atoms with Crippen LogP contribution < -0.4 is 4.74 Å². The number of rotatable bonds is 7. The van der Waals surface area contributed by atoms with E-state index in [0.29, 0.717) is 25.4 Å². The van der Waals surface area contributed by atoms with Gasteiger partial charge in [-0.3, -0.25) is 4.79 Å². The Hall–Kier alpha value is -2.82. The molecule has 28 heavy (non-hydrogen) atoms. The molecule has 1 aromatic heterocycles. The van der Waals surface area contributed by atoms with Crippen LogP contribution in [0.4, 0.5) is 0 Å². The van der Waals surface area contributed by atoms with Gasteiger partial charge in [-0.1, -0.05) is 24.3 Å². The molecule has 0 saturated heterocycles. The van der Waals surface area contributed by atoms with Crippen LogP contribution in [0.3, 0.4) is 0 Å². The second kappa shape index (κ2) is 7.66. The van der Waals surface area contributed by atoms with Gasteiger partial charge in [0.1, 0.15) is 11.6 Å². The molecule has 5 heteroatoms. The van der Waals surface area contributed by atoms with Gasteiger partial charge in [0, 0.05) is 31.0 Å². The van der Waals surface area contributed by atoms with Crippen molar-refractivity contribution in [2.45, 2.75) is 52.1 Å². The van der Waals surface area contributed by atoms with Crippen molar-refractivity contribution < 1.29 is 9.53 Å². The van der Waals surface area contributed by atoms with Crippen molar-refractivity contribution >= 4 is 16.9 Å². The van der Waals surface area contributed by atoms with Crippen LogP contribution in [0.2, 0.25) is 0 Å². The van der Waals surface area contributed by atoms with Gasteiger partial charge in [0.05, 0.1) is 18.1 Å². The number of carbonyl (C=O) groups excluding carboxylic acids is 1. The predicted molar refractivity (Wildman–Crippen MR) is 110 cm³/mol. The molecule has 0 atom stereocenters. The Labute approximate surface area is 165 Å². The number of hydrogen-bond acceptors (Lipinski definition) is 3. The maximum atomic E-state index is 13.0. The molecule has 1 heterocycles. The first kappa shape index (κ1) is 18.5. The van der Waals surface area contributed by atoms with Crippen LogP contribution >= 0.6 is 0 Å². The third-order valence-electron chi connectivity index (χ3n) is 5.64. The number of aryl methyl sites for hydroxylation is 3. The van der Waals surface area contributed by atoms with Crippen molar-refractivity contribution in [1.82, 2.24) is 14.9 Å². The maximum absolute atomic E-state index is 13.0. The largest absolute Gasteiger partial charge is 0.496 e. The molecule has 0 bridgehead atoms. The molecule has 0 aliphatic heterocycles. The molecule has 4 rings (SSSR count). The third kappa shape index (κ3) is 3.75. The molecule has 5 nitrogen and oxygen atoms in total. The number of para-hydroxylation sites is 1. The van der Waals surface area contributed by atoms with E-state index in [1.54, 1.807) is 7.11 Å². The number of ether oxygens (including phenoxy) is 1. The van der Waals surface area contributed by atoms with Crippen LogP contribution in [0, 0.1) is 13.8 Å². The Morgan fingerprint density at radius 3 is 2.75 bits per heavy atom. The fourth-order valence-electron chi connectivity index (χ4n) is 3.68. The van der Waals surface area contributed by atoms with Gasteiger partial charge < -0.3 is 14.6 Å². The highest BCUT2D eigenvalue weighted by atomic mass is 16.5. The number of nitrogens with zero attached hydrogens (tertiary/aromatic N) is 2. The Morgan fingerprint density at radius 1 is 1.21 bits per heavy atom. The molecule has 1 fully saturated rings. The zero-order chi connectivity index (χ0) is 19.7. The molecule has 0 radical (unpaired) electrons. The van der Waals surface area contributed by atoms with Gasteiger partial charge in [-0.25, -0.2) is 4.98 Å². The van der Waals surface area contributed by atoms with Crippen molar-refractivity contribution in [2.75, 3.05) is 7.11 Å². The van der Waals surface area contributed by atoms with E-state index in [0.717, 1.165) is 41.0 Å². The Kier molecular flexibility index (Phi) is 5.07. The number of benzene rings is 2. The van der Waals surface area contributed by atoms with Crippen molar-refractivity contribution in [1.29, 1.82) is 0 Å². The summed E-state index contributed by atoms with van der Waals surface area (Å²) in [6.45, 7) is 4.79. The summed E-state index contributed by atoms with van der Waals surface area (Å²) in [7, 11) is 1.67. The molecule has 1 saturated carbocycles. The summed E-state index contributed by atoms with van der Waals surface area (Å²) >= 11 is 0. The van der Waals surface area contributed by atoms with E-state index in [1.807, 2.05) is 29.2 Å². The second-order valence-electron chi connectivity index (χ2n) is 7.65. The minimum atomic E-state index is 0.182. The van der Waals surface area contributed by atoms with Crippen molar-refractivity contribution in [3.8, 4) is 5.75 Å². The number of amides is 1. The zero-order valence-corrected chi connectivity index (χ0v) is 16.8. The van der Waals surface area contributed by atoms with Gasteiger partial charge in [-0.15, -0.1) is 0 Å². The van der Waals surface area contributed by atoms with E-state index >= 15 is 0 Å². The highest BCUT2D eigenvalue weighted by Gasteiger charge is 2.32. The summed E-state index contributed by atoms with van der Waals surface area (Å²) < 4.78 is 5.46. The van der Waals surface area contributed by atoms with E-state index in [9.17, 15) is 4.79 Å². The quantitative estimate of drug-likeness (QED) is 0.667. The van der Waals surface area contributed by atoms with Crippen LogP contribution in [0.25, 0.3) is 11.0 Å². The molecule has 0 unspecified atom stereocenters. The third-order valence-corrected chi connectivity index (χ3v) is 5.64. The van der Waals surface area contributed by atoms with E-state index in [2.05, 4.69) is 31.0 Å². The van der Waals surface area contributed by atoms with Gasteiger partial charge in [0.15, 0.2) is 0 Å². The van der Waals surface area contributed by atoms with Gasteiger partial charge in [0.25, 0.3) is 0 Å². The lowest BCUT2D eigenvalue weighted by Crippen LogP contribution is -2.33. The molecule has 3 aromatic rings. The lowest BCUT2D eigenvalue weighted by atomic mass is 10.1. The first-order valence-corrected chi connectivity index (χ1v) is 9.93. The summed E-state index contributed by atoms with van der Waals surface area (Å²) in [6.07, 6.45) is 3.26. The standard InChI is InChI=1S/C23H27N3O2/c1-15-8-11-19-23(16(15)2)25-21(24-19)12-13-22(27)26(18-9-10-18)14-17-6-4-5-7-20(17)28-3/h4-8,11,18H,9-10,12-14H2,1-3H3,(H,24,25). The Bertz CT molecular complexity index is 1000. The fourth-order valence-corrected chi connectivity index (χ4v) is 3.68. The first-order valence-electron chi connectivity index (χ1n) is 9.93. The fraction of sp³-hybridized carbons (Fsp3) is 0.391. The van der Waals surface area contributed by atoms with Crippen molar-refractivity contribution in [3.05, 3.63) is 58.9 Å². The molecule has 1 N–H and O–H groups in total. The topological polar surface area (TPSA) is 58.2 Å². The monoisotopic (exact) mass is 377 g/mol. The lowest BCUT2D eigenvalue weighted by Gasteiger charge is -2.23. The number of fused-ring (bicyclic) bond motifs is 1. The lowest BCUT2D eigenvalue weighted by molar-refractivity contribution is -0.132. The van der Waals surface area contributed by atoms with Gasteiger partial charge >= 0.3 is 0 Å². The smallest absolute Gasteiger partial charge is 0.223 e. The molecule has 2 aromatic carbocycles. The number of aromatic amines is 1. The van der Waals surface area contributed by atoms with Gasteiger partial charge in [-0.2, -0.15) is 0 Å². The minimum absolute atomic E-state index is 0.182. The molecular formula is C23H27N3O2. The van der Waals surface area contributed by atoms with E-state index < -0.39 is 0 Å². The van der Waals surface area contributed by atoms with Gasteiger partial charge in [0.2, 0.25) is 5.91 Å². The number of imidazole rings is 1. The van der Waals surface area contributed by atoms with Crippen LogP contribution in [-0.4, -0.2) is 33.9 Å². The van der Waals surface area contributed by atoms with Crippen molar-refractivity contribution in [3.63, 3.8) is 0 Å². The average Bonchev–Trinajstić information content (AvgIpc) is 3.46. The minimum Gasteiger partial charge on any atom is -0.496 e. The molecule has 0 spiro atoms. The second-order valence-corrected chi connectivity index (χ2v) is 7.65. The van der Waals surface area contributed by atoms with Crippen LogP contribution in [0.1, 0.15) is 41.8 Å². The summed E-state index contributed by atoms with van der Waals surface area (Å²) in [5, 5.41) is 0. The van der Waals surface area contributed by atoms with E-state index in [4.69, 9.17) is 9.72 Å². The zero-order valence-electron chi connectivity index (χ0n) is 16.8. The molecule has 146 valence electrons. The van der Waals surface area contributed by atoms with Crippen molar-refractivity contribution in [2.24, 2.45) is 0 Å². The Balaban J connectivity index is 1.46. The van der Waals surface area contributed by atoms with E-state index in [-0.39, 0.29) is 5.91 Å². The highest BCUT2D eigenvalue weighted by Crippen LogP contribution is 2.31. The number of carbonyl (C=O) groups is 1. The summed E-state index contributed by atoms with van der Waals surface area (Å²) in [5.74, 6) is 1.90. The van der Waals surface area contributed by atoms with E-state index in [1.165, 1.54) is 11.1 Å². The van der Waals surface area contributed by atoms with Crippen LogP contribution in [-0.2, 0) is 17.8 Å². The number of H-pyrrole nitrogens is 1. The molecule has 1 aliphatic rings. The molecule has 1 amide bonds. The van der Waals surface area contributed by atoms with Crippen LogP contribution in [0.5, 0.6) is 5.75 Å². The summed E-state index contributed by atoms with van der Waals surface area (Å²) in [4.78, 5) is 23.1. The predicted octanol–water partition coefficient (Wildman–Crippen LogP) is 4.31. The molecule has 1 aliphatic carbocycles. The highest BCUT2D eigenvalue weighted by molar-refractivity contribution is 5.80. The summed E-state index contributed by atoms with van der Waals surface area (Å²) in [6, 6.07) is 12.5. The maximum Gasteiger partial charge on any atom is 0.223 e. The number of nitrogens with one attached hydrogen (secondary N) is 1. The number of hydrogen-bond donors (Lipinski definition) is 1. The number of aromatic nitrogens is 2. The first-order chi connectivity index (χ1) is 13.6. The average molecular weight is 377 g/mol. The Morgan fingerprint density at radius 2 is 2.00 bits per heavy atom. The van der Waals surface area contributed by atoms with Crippen LogP contribution in [0.15, 0.2) is 36.4 Å². The molecular weight excluding hydrogens is 350 g/mol. The normalized spacial score (nSPS) is 13.7. The summed E-state index contributed by atoms with van der Waals surface area (Å²) in [5.41, 5.74) is 5.54. The number of methoxy groups -OCH3 is 1. The SMILES string of the molecule is COc1ccccc1CN(C(=O)CCc1nc2c(C)c(C)ccc2[nH]1)C1CC1. The van der Waals surface area contributed by atoms with Gasteiger partial charge in [-0.05, 0) is 49.9 Å².